The van der Waals surface area contributed by atoms with E-state index in [-0.39, 0.29) is 11.6 Å². The zero-order chi connectivity index (χ0) is 30.3. The van der Waals surface area contributed by atoms with Gasteiger partial charge in [-0.1, -0.05) is 60.7 Å². The van der Waals surface area contributed by atoms with E-state index in [1.807, 2.05) is 60.7 Å². The van der Waals surface area contributed by atoms with Crippen molar-refractivity contribution in [3.8, 4) is 0 Å². The van der Waals surface area contributed by atoms with Gasteiger partial charge in [0.15, 0.2) is 0 Å². The van der Waals surface area contributed by atoms with Crippen molar-refractivity contribution in [2.24, 2.45) is 0 Å². The van der Waals surface area contributed by atoms with Crippen LogP contribution in [0.25, 0.3) is 30.9 Å². The molecule has 0 unspecified atom stereocenters. The summed E-state index contributed by atoms with van der Waals surface area (Å²) in [7, 11) is 0. The van der Waals surface area contributed by atoms with Gasteiger partial charge in [-0.25, -0.2) is 8.78 Å². The summed E-state index contributed by atoms with van der Waals surface area (Å²) in [5.41, 5.74) is 5.77. The van der Waals surface area contributed by atoms with E-state index in [0.29, 0.717) is 0 Å². The molecule has 45 heavy (non-hydrogen) atoms. The van der Waals surface area contributed by atoms with Crippen LogP contribution in [0, 0.1) is 11.6 Å². The summed E-state index contributed by atoms with van der Waals surface area (Å²) in [6, 6.07) is 50.9. The third-order valence-electron chi connectivity index (χ3n) is 8.14. The molecule has 1 heterocycles. The first-order valence-electron chi connectivity index (χ1n) is 14.7. The van der Waals surface area contributed by atoms with E-state index in [9.17, 15) is 8.78 Å². The Bertz CT molecular complexity index is 2280. The number of anilines is 6. The van der Waals surface area contributed by atoms with Gasteiger partial charge in [-0.2, -0.15) is 0 Å². The quantitative estimate of drug-likeness (QED) is 0.186. The fourth-order valence-electron chi connectivity index (χ4n) is 6.14. The second-order valence-corrected chi connectivity index (χ2v) is 12.0. The summed E-state index contributed by atoms with van der Waals surface area (Å²) in [5, 5.41) is 4.59. The number of benzene rings is 7. The molecule has 0 atom stereocenters. The molecule has 0 fully saturated rings. The molecule has 216 valence electrons. The zero-order valence-corrected chi connectivity index (χ0v) is 24.9. The van der Waals surface area contributed by atoms with Crippen molar-refractivity contribution >= 4 is 76.4 Å². The molecule has 8 aromatic rings. The van der Waals surface area contributed by atoms with E-state index in [1.54, 1.807) is 11.3 Å². The van der Waals surface area contributed by atoms with Crippen LogP contribution < -0.4 is 9.80 Å². The largest absolute Gasteiger partial charge is 0.310 e. The molecule has 2 nitrogen and oxygen atoms in total. The fraction of sp³-hybridized carbons (Fsp3) is 0. The molecule has 8 rings (SSSR count). The summed E-state index contributed by atoms with van der Waals surface area (Å²) >= 11 is 1.76. The smallest absolute Gasteiger partial charge is 0.123 e. The van der Waals surface area contributed by atoms with Crippen LogP contribution in [0.3, 0.4) is 0 Å². The second kappa shape index (κ2) is 11.2. The minimum absolute atomic E-state index is 0.265. The SMILES string of the molecule is Fc1ccc(N(c2ccccc2)c2ccc3sc4cc(N(c5ccccc5)c5ccc(F)cc5)c5ccccc5c4c3c2)cc1. The molecular weight excluding hydrogens is 579 g/mol. The number of hydrogen-bond acceptors (Lipinski definition) is 3. The molecule has 0 N–H and O–H groups in total. The summed E-state index contributed by atoms with van der Waals surface area (Å²) in [6.45, 7) is 0. The average Bonchev–Trinajstić information content (AvgIpc) is 3.46. The molecule has 0 aliphatic rings. The van der Waals surface area contributed by atoms with Gasteiger partial charge in [-0.15, -0.1) is 11.3 Å². The van der Waals surface area contributed by atoms with E-state index in [2.05, 4.69) is 82.6 Å². The molecule has 0 saturated carbocycles. The molecule has 1 aromatic heterocycles. The topological polar surface area (TPSA) is 6.48 Å². The van der Waals surface area contributed by atoms with Crippen molar-refractivity contribution < 1.29 is 8.78 Å². The van der Waals surface area contributed by atoms with Gasteiger partial charge in [0, 0.05) is 54.0 Å². The highest BCUT2D eigenvalue weighted by Crippen LogP contribution is 2.47. The van der Waals surface area contributed by atoms with Crippen LogP contribution in [0.15, 0.2) is 158 Å². The van der Waals surface area contributed by atoms with Crippen molar-refractivity contribution in [1.82, 2.24) is 0 Å². The summed E-state index contributed by atoms with van der Waals surface area (Å²) in [4.78, 5) is 4.35. The van der Waals surface area contributed by atoms with Crippen LogP contribution in [-0.4, -0.2) is 0 Å². The lowest BCUT2D eigenvalue weighted by Gasteiger charge is -2.27. The van der Waals surface area contributed by atoms with Crippen LogP contribution in [0.4, 0.5) is 42.9 Å². The summed E-state index contributed by atoms with van der Waals surface area (Å²) in [5.74, 6) is -0.531. The van der Waals surface area contributed by atoms with Gasteiger partial charge >= 0.3 is 0 Å². The highest BCUT2D eigenvalue weighted by Gasteiger charge is 2.20. The number of halogens is 2. The minimum atomic E-state index is -0.266. The molecule has 0 spiro atoms. The molecule has 0 aliphatic carbocycles. The molecule has 7 aromatic carbocycles. The van der Waals surface area contributed by atoms with Gasteiger partial charge in [-0.3, -0.25) is 0 Å². The molecule has 0 saturated heterocycles. The van der Waals surface area contributed by atoms with E-state index in [4.69, 9.17) is 0 Å². The Balaban J connectivity index is 1.37. The zero-order valence-electron chi connectivity index (χ0n) is 24.1. The van der Waals surface area contributed by atoms with Crippen molar-refractivity contribution in [2.45, 2.75) is 0 Å². The van der Waals surface area contributed by atoms with Crippen molar-refractivity contribution in [2.75, 3.05) is 9.80 Å². The van der Waals surface area contributed by atoms with Crippen LogP contribution >= 0.6 is 11.3 Å². The van der Waals surface area contributed by atoms with Gasteiger partial charge in [-0.05, 0) is 102 Å². The first-order chi connectivity index (χ1) is 22.1. The van der Waals surface area contributed by atoms with E-state index < -0.39 is 0 Å². The van der Waals surface area contributed by atoms with Gasteiger partial charge < -0.3 is 9.80 Å². The number of thiophene rings is 1. The van der Waals surface area contributed by atoms with Crippen LogP contribution in [-0.2, 0) is 0 Å². The van der Waals surface area contributed by atoms with Gasteiger partial charge in [0.2, 0.25) is 0 Å². The molecule has 0 amide bonds. The van der Waals surface area contributed by atoms with Gasteiger partial charge in [0.1, 0.15) is 11.6 Å². The molecule has 5 heteroatoms. The molecule has 0 radical (unpaired) electrons. The Kier molecular flexibility index (Phi) is 6.73. The summed E-state index contributed by atoms with van der Waals surface area (Å²) in [6.07, 6.45) is 0. The minimum Gasteiger partial charge on any atom is -0.310 e. The number of rotatable bonds is 6. The van der Waals surface area contributed by atoms with Crippen molar-refractivity contribution in [3.05, 3.63) is 169 Å². The third-order valence-corrected chi connectivity index (χ3v) is 9.25. The predicted octanol–water partition coefficient (Wildman–Crippen LogP) is 12.4. The van der Waals surface area contributed by atoms with Crippen molar-refractivity contribution in [1.29, 1.82) is 0 Å². The Morgan fingerprint density at radius 1 is 0.378 bits per heavy atom. The highest BCUT2D eigenvalue weighted by molar-refractivity contribution is 7.26. The standard InChI is InChI=1S/C40H26F2N2S/c41-27-15-19-31(20-16-27)43(29-9-3-1-4-10-29)33-23-24-38-36(25-33)40-35-14-8-7-13-34(35)37(26-39(40)45-38)44(30-11-5-2-6-12-30)32-21-17-28(42)18-22-32/h1-26H. The number of hydrogen-bond donors (Lipinski definition) is 0. The van der Waals surface area contributed by atoms with E-state index in [0.717, 1.165) is 55.0 Å². The first-order valence-corrected chi connectivity index (χ1v) is 15.6. The molecule has 0 aliphatic heterocycles. The number of para-hydroxylation sites is 2. The lowest BCUT2D eigenvalue weighted by molar-refractivity contribution is 0.627. The van der Waals surface area contributed by atoms with Crippen LogP contribution in [0.1, 0.15) is 0 Å². The maximum Gasteiger partial charge on any atom is 0.123 e. The lowest BCUT2D eigenvalue weighted by atomic mass is 10.0. The Morgan fingerprint density at radius 3 is 1.49 bits per heavy atom. The predicted molar refractivity (Wildman–Crippen MR) is 186 cm³/mol. The lowest BCUT2D eigenvalue weighted by Crippen LogP contribution is -2.10. The van der Waals surface area contributed by atoms with E-state index >= 15 is 0 Å². The number of fused-ring (bicyclic) bond motifs is 5. The van der Waals surface area contributed by atoms with E-state index in [1.165, 1.54) is 34.4 Å². The maximum atomic E-state index is 14.0. The van der Waals surface area contributed by atoms with Crippen LogP contribution in [0.2, 0.25) is 0 Å². The van der Waals surface area contributed by atoms with Crippen molar-refractivity contribution in [3.63, 3.8) is 0 Å². The Morgan fingerprint density at radius 2 is 0.867 bits per heavy atom. The monoisotopic (exact) mass is 604 g/mol. The summed E-state index contributed by atoms with van der Waals surface area (Å²) < 4.78 is 30.3. The average molecular weight is 605 g/mol. The molecule has 0 bridgehead atoms. The highest BCUT2D eigenvalue weighted by atomic mass is 32.1. The van der Waals surface area contributed by atoms with Gasteiger partial charge in [0.05, 0.1) is 5.69 Å². The van der Waals surface area contributed by atoms with Gasteiger partial charge in [0.25, 0.3) is 0 Å². The second-order valence-electron chi connectivity index (χ2n) is 10.9. The number of nitrogens with zero attached hydrogens (tertiary/aromatic N) is 2. The maximum absolute atomic E-state index is 14.0. The first kappa shape index (κ1) is 27.1. The molecular formula is C40H26F2N2S. The fourth-order valence-corrected chi connectivity index (χ4v) is 7.28. The third kappa shape index (κ3) is 4.88. The normalized spacial score (nSPS) is 11.3. The van der Waals surface area contributed by atoms with Crippen LogP contribution in [0.5, 0.6) is 0 Å². The Hall–Kier alpha value is -5.52. The Labute approximate surface area is 263 Å².